The highest BCUT2D eigenvalue weighted by molar-refractivity contribution is 9.10. The number of hydrogen-bond donors (Lipinski definition) is 0. The molecule has 0 saturated heterocycles. The zero-order chi connectivity index (χ0) is 8.27. The molecule has 0 amide bonds. The van der Waals surface area contributed by atoms with E-state index in [1.165, 1.54) is 6.20 Å². The fraction of sp³-hybridized carbons (Fsp3) is 0.200. The Morgan fingerprint density at radius 3 is 3.44 bits per heavy atom. The molecular weight excluding hydrogens is 184 g/mol. The van der Waals surface area contributed by atoms with Gasteiger partial charge in [0.1, 0.15) is 4.60 Å². The second-order valence-electron chi connectivity index (χ2n) is 1.28. The minimum Gasteiger partial charge on any atom is -0.467 e. The number of aromatic nitrogens is 2. The molecule has 0 aliphatic heterocycles. The summed E-state index contributed by atoms with van der Waals surface area (Å²) in [6, 6.07) is 1.67. The molecule has 3 nitrogen and oxygen atoms in total. The smallest absolute Gasteiger partial charge is 0.317 e. The lowest BCUT2D eigenvalue weighted by Crippen LogP contribution is -1.89. The van der Waals surface area contributed by atoms with Crippen molar-refractivity contribution in [2.24, 2.45) is 0 Å². The molecule has 0 saturated carbocycles. The molecule has 48 valence electrons. The van der Waals surface area contributed by atoms with Gasteiger partial charge < -0.3 is 4.74 Å². The van der Waals surface area contributed by atoms with Gasteiger partial charge in [0, 0.05) is 6.20 Å². The van der Waals surface area contributed by atoms with Gasteiger partial charge in [0.25, 0.3) is 0 Å². The van der Waals surface area contributed by atoms with Crippen molar-refractivity contribution in [3.8, 4) is 6.01 Å². The van der Waals surface area contributed by atoms with Crippen LogP contribution in [0.3, 0.4) is 0 Å². The Morgan fingerprint density at radius 2 is 2.78 bits per heavy atom. The third-order valence-corrected chi connectivity index (χ3v) is 1.15. The van der Waals surface area contributed by atoms with Crippen LogP contribution in [0.1, 0.15) is 2.74 Å². The number of halogens is 1. The van der Waals surface area contributed by atoms with Gasteiger partial charge in [-0.2, -0.15) is 4.98 Å². The molecule has 1 aromatic heterocycles. The Morgan fingerprint density at radius 1 is 1.89 bits per heavy atom. The van der Waals surface area contributed by atoms with Crippen molar-refractivity contribution in [2.45, 2.75) is 0 Å². The fourth-order valence-corrected chi connectivity index (χ4v) is 0.647. The molecule has 0 spiro atoms. The zero-order valence-corrected chi connectivity index (χ0v) is 6.00. The zero-order valence-electron chi connectivity index (χ0n) is 6.41. The summed E-state index contributed by atoms with van der Waals surface area (Å²) in [7, 11) is -1.38. The Balaban J connectivity index is 2.71. The molecule has 0 aliphatic carbocycles. The second kappa shape index (κ2) is 2.77. The van der Waals surface area contributed by atoms with Crippen LogP contribution in [-0.4, -0.2) is 17.0 Å². The van der Waals surface area contributed by atoms with E-state index in [4.69, 9.17) is 2.74 Å². The minimum absolute atomic E-state index is 0.0365. The van der Waals surface area contributed by atoms with Gasteiger partial charge in [-0.1, -0.05) is 0 Å². The molecule has 0 aliphatic rings. The molecule has 0 aromatic carbocycles. The topological polar surface area (TPSA) is 35.0 Å². The standard InChI is InChI=1S/C5H5BrN2O/c1-9-5-7-3-2-4(6)8-5/h2-3H,1H3/i1D2. The molecule has 0 radical (unpaired) electrons. The van der Waals surface area contributed by atoms with Crippen molar-refractivity contribution in [1.82, 2.24) is 9.97 Å². The van der Waals surface area contributed by atoms with Gasteiger partial charge in [-0.25, -0.2) is 4.98 Å². The third kappa shape index (κ3) is 1.64. The minimum atomic E-state index is -1.38. The molecule has 0 bridgehead atoms. The summed E-state index contributed by atoms with van der Waals surface area (Å²) in [4.78, 5) is 7.43. The lowest BCUT2D eigenvalue weighted by atomic mass is 10.7. The van der Waals surface area contributed by atoms with Crippen molar-refractivity contribution in [3.05, 3.63) is 16.9 Å². The molecule has 0 atom stereocenters. The third-order valence-electron chi connectivity index (χ3n) is 0.705. The van der Waals surface area contributed by atoms with Gasteiger partial charge in [-0.05, 0) is 22.0 Å². The second-order valence-corrected chi connectivity index (χ2v) is 2.09. The van der Waals surface area contributed by atoms with E-state index in [0.717, 1.165) is 0 Å². The van der Waals surface area contributed by atoms with E-state index < -0.39 is 7.06 Å². The molecule has 0 unspecified atom stereocenters. The van der Waals surface area contributed by atoms with E-state index in [-0.39, 0.29) is 6.01 Å². The van der Waals surface area contributed by atoms with E-state index >= 15 is 0 Å². The summed E-state index contributed by atoms with van der Waals surface area (Å²) in [5, 5.41) is 0. The average Bonchev–Trinajstić information content (AvgIpc) is 1.85. The predicted octanol–water partition coefficient (Wildman–Crippen LogP) is 1.25. The SMILES string of the molecule is [2H]C([2H])Oc1nccc(Br)n1. The maximum absolute atomic E-state index is 6.73. The van der Waals surface area contributed by atoms with E-state index in [2.05, 4.69) is 30.6 Å². The first kappa shape index (κ1) is 4.22. The van der Waals surface area contributed by atoms with Gasteiger partial charge in [-0.15, -0.1) is 0 Å². The summed E-state index contributed by atoms with van der Waals surface area (Å²) in [5.41, 5.74) is 0. The van der Waals surface area contributed by atoms with E-state index in [9.17, 15) is 0 Å². The van der Waals surface area contributed by atoms with Gasteiger partial charge in [-0.3, -0.25) is 0 Å². The Hall–Kier alpha value is -0.640. The first-order chi connectivity index (χ1) is 5.18. The van der Waals surface area contributed by atoms with E-state index in [0.29, 0.717) is 4.60 Å². The van der Waals surface area contributed by atoms with Crippen molar-refractivity contribution in [2.75, 3.05) is 7.06 Å². The molecule has 9 heavy (non-hydrogen) atoms. The summed E-state index contributed by atoms with van der Waals surface area (Å²) in [6.45, 7) is 0. The monoisotopic (exact) mass is 190 g/mol. The van der Waals surface area contributed by atoms with Crippen LogP contribution in [0.25, 0.3) is 0 Å². The predicted molar refractivity (Wildman–Crippen MR) is 36.3 cm³/mol. The van der Waals surface area contributed by atoms with E-state index in [1.54, 1.807) is 6.07 Å². The van der Waals surface area contributed by atoms with Crippen LogP contribution in [0.5, 0.6) is 6.01 Å². The average molecular weight is 191 g/mol. The maximum atomic E-state index is 6.73. The molecule has 1 rings (SSSR count). The summed E-state index contributed by atoms with van der Waals surface area (Å²) >= 11 is 3.10. The molecule has 0 N–H and O–H groups in total. The normalized spacial score (nSPS) is 12.7. The highest BCUT2D eigenvalue weighted by atomic mass is 79.9. The van der Waals surface area contributed by atoms with Gasteiger partial charge in [0.05, 0.1) is 9.80 Å². The largest absolute Gasteiger partial charge is 0.467 e. The van der Waals surface area contributed by atoms with Crippen LogP contribution in [0.15, 0.2) is 16.9 Å². The first-order valence-corrected chi connectivity index (χ1v) is 2.97. The van der Waals surface area contributed by atoms with Crippen molar-refractivity contribution in [3.63, 3.8) is 0 Å². The Kier molecular flexibility index (Phi) is 1.30. The maximum Gasteiger partial charge on any atom is 0.317 e. The summed E-state index contributed by atoms with van der Waals surface area (Å²) in [6.07, 6.45) is 1.48. The summed E-state index contributed by atoms with van der Waals surface area (Å²) < 4.78 is 18.6. The highest BCUT2D eigenvalue weighted by Crippen LogP contribution is 2.07. The number of rotatable bonds is 1. The quantitative estimate of drug-likeness (QED) is 0.626. The Labute approximate surface area is 64.0 Å². The van der Waals surface area contributed by atoms with Crippen LogP contribution in [-0.2, 0) is 0 Å². The van der Waals surface area contributed by atoms with Crippen molar-refractivity contribution < 1.29 is 7.48 Å². The fourth-order valence-electron chi connectivity index (χ4n) is 0.377. The lowest BCUT2D eigenvalue weighted by molar-refractivity contribution is 0.379. The number of hydrogen-bond acceptors (Lipinski definition) is 3. The highest BCUT2D eigenvalue weighted by Gasteiger charge is 1.91. The van der Waals surface area contributed by atoms with Gasteiger partial charge in [0.15, 0.2) is 0 Å². The van der Waals surface area contributed by atoms with Crippen molar-refractivity contribution in [1.29, 1.82) is 0 Å². The van der Waals surface area contributed by atoms with Crippen molar-refractivity contribution >= 4 is 15.9 Å². The molecular formula is C5H5BrN2O. The number of ether oxygens (including phenoxy) is 1. The molecule has 0 fully saturated rings. The lowest BCUT2D eigenvalue weighted by Gasteiger charge is -1.94. The van der Waals surface area contributed by atoms with E-state index in [1.807, 2.05) is 0 Å². The number of nitrogens with zero attached hydrogens (tertiary/aromatic N) is 2. The van der Waals surface area contributed by atoms with Crippen LogP contribution in [0.4, 0.5) is 0 Å². The molecule has 1 aromatic rings. The van der Waals surface area contributed by atoms with Crippen LogP contribution < -0.4 is 4.74 Å². The van der Waals surface area contributed by atoms with Gasteiger partial charge in [0.2, 0.25) is 0 Å². The van der Waals surface area contributed by atoms with Gasteiger partial charge >= 0.3 is 6.01 Å². The van der Waals surface area contributed by atoms with Crippen LogP contribution >= 0.6 is 15.9 Å². The first-order valence-electron chi connectivity index (χ1n) is 3.33. The molecule has 1 heterocycles. The molecule has 4 heteroatoms. The number of methoxy groups -OCH3 is 1. The van der Waals surface area contributed by atoms with Crippen LogP contribution in [0, 0.1) is 0 Å². The Bertz CT molecular complexity index is 246. The van der Waals surface area contributed by atoms with Crippen LogP contribution in [0.2, 0.25) is 0 Å². The summed E-state index contributed by atoms with van der Waals surface area (Å²) in [5.74, 6) is 0.